The zero-order chi connectivity index (χ0) is 16.0. The molecule has 0 spiro atoms. The molecule has 0 bridgehead atoms. The van der Waals surface area contributed by atoms with E-state index in [4.69, 9.17) is 20.9 Å². The van der Waals surface area contributed by atoms with Crippen molar-refractivity contribution in [3.8, 4) is 5.75 Å². The standard InChI is InChI=1S/C17H17ClN2O3/c1-10-7-15(23-19-10)13-3-2-6-20(13)17(21)16-9-11-8-12(18)4-5-14(11)22-16/h4-5,7-8,13,16H,2-3,6,9H2,1H3/t13-,16+/m0/s1. The SMILES string of the molecule is Cc1cc([C@@H]2CCCN2C(=O)[C@H]2Cc3cc(Cl)ccc3O2)on1. The van der Waals surface area contributed by atoms with E-state index in [1.165, 1.54) is 0 Å². The Morgan fingerprint density at radius 1 is 1.39 bits per heavy atom. The number of hydrogen-bond donors (Lipinski definition) is 0. The predicted molar refractivity (Wildman–Crippen MR) is 84.5 cm³/mol. The van der Waals surface area contributed by atoms with Gasteiger partial charge in [0.05, 0.1) is 11.7 Å². The summed E-state index contributed by atoms with van der Waals surface area (Å²) in [4.78, 5) is 14.8. The Hall–Kier alpha value is -2.01. The molecule has 5 nitrogen and oxygen atoms in total. The molecule has 120 valence electrons. The number of halogens is 1. The molecular weight excluding hydrogens is 316 g/mol. The number of fused-ring (bicyclic) bond motifs is 1. The van der Waals surface area contributed by atoms with Crippen molar-refractivity contribution in [3.05, 3.63) is 46.3 Å². The van der Waals surface area contributed by atoms with Crippen molar-refractivity contribution in [2.75, 3.05) is 6.54 Å². The van der Waals surface area contributed by atoms with Crippen molar-refractivity contribution in [1.29, 1.82) is 0 Å². The Kier molecular flexibility index (Phi) is 3.53. The van der Waals surface area contributed by atoms with Crippen molar-refractivity contribution in [2.24, 2.45) is 0 Å². The number of ether oxygens (including phenoxy) is 1. The molecule has 4 rings (SSSR count). The van der Waals surface area contributed by atoms with E-state index in [1.807, 2.05) is 30.0 Å². The van der Waals surface area contributed by atoms with Gasteiger partial charge in [0.2, 0.25) is 0 Å². The summed E-state index contributed by atoms with van der Waals surface area (Å²) in [5.74, 6) is 1.51. The molecule has 3 heterocycles. The predicted octanol–water partition coefficient (Wildman–Crippen LogP) is 3.30. The van der Waals surface area contributed by atoms with Gasteiger partial charge in [-0.05, 0) is 43.5 Å². The van der Waals surface area contributed by atoms with Crippen molar-refractivity contribution >= 4 is 17.5 Å². The van der Waals surface area contributed by atoms with Gasteiger partial charge in [-0.3, -0.25) is 4.79 Å². The lowest BCUT2D eigenvalue weighted by Gasteiger charge is -2.25. The van der Waals surface area contributed by atoms with E-state index < -0.39 is 6.10 Å². The summed E-state index contributed by atoms with van der Waals surface area (Å²) in [6.45, 7) is 2.61. The fraction of sp³-hybridized carbons (Fsp3) is 0.412. The maximum absolute atomic E-state index is 12.9. The van der Waals surface area contributed by atoms with Crippen LogP contribution < -0.4 is 4.74 Å². The Bertz CT molecular complexity index is 758. The lowest BCUT2D eigenvalue weighted by atomic mass is 10.1. The molecule has 0 radical (unpaired) electrons. The number of rotatable bonds is 2. The third-order valence-electron chi connectivity index (χ3n) is 4.48. The molecule has 1 saturated heterocycles. The molecule has 1 amide bonds. The molecule has 0 saturated carbocycles. The van der Waals surface area contributed by atoms with E-state index in [9.17, 15) is 4.79 Å². The second-order valence-corrected chi connectivity index (χ2v) is 6.56. The van der Waals surface area contributed by atoms with Crippen LogP contribution >= 0.6 is 11.6 Å². The van der Waals surface area contributed by atoms with Gasteiger partial charge in [-0.1, -0.05) is 16.8 Å². The summed E-state index contributed by atoms with van der Waals surface area (Å²) in [5, 5.41) is 4.60. The van der Waals surface area contributed by atoms with Gasteiger partial charge in [0.1, 0.15) is 5.75 Å². The maximum Gasteiger partial charge on any atom is 0.264 e. The van der Waals surface area contributed by atoms with Crippen LogP contribution in [-0.2, 0) is 11.2 Å². The highest BCUT2D eigenvalue weighted by molar-refractivity contribution is 6.30. The van der Waals surface area contributed by atoms with Crippen LogP contribution in [0.1, 0.15) is 35.9 Å². The van der Waals surface area contributed by atoms with Gasteiger partial charge in [0.25, 0.3) is 5.91 Å². The lowest BCUT2D eigenvalue weighted by Crippen LogP contribution is -2.40. The van der Waals surface area contributed by atoms with Crippen LogP contribution in [0, 0.1) is 6.92 Å². The van der Waals surface area contributed by atoms with E-state index in [-0.39, 0.29) is 11.9 Å². The number of aromatic nitrogens is 1. The van der Waals surface area contributed by atoms with Crippen LogP contribution in [0.2, 0.25) is 5.02 Å². The molecule has 0 unspecified atom stereocenters. The highest BCUT2D eigenvalue weighted by atomic mass is 35.5. The molecule has 2 atom stereocenters. The first-order chi connectivity index (χ1) is 11.1. The first-order valence-electron chi connectivity index (χ1n) is 7.80. The van der Waals surface area contributed by atoms with Crippen LogP contribution in [0.3, 0.4) is 0 Å². The number of aryl methyl sites for hydroxylation is 1. The summed E-state index contributed by atoms with van der Waals surface area (Å²) in [6.07, 6.45) is 1.94. The van der Waals surface area contributed by atoms with Crippen molar-refractivity contribution in [2.45, 2.75) is 38.3 Å². The lowest BCUT2D eigenvalue weighted by molar-refractivity contribution is -0.139. The topological polar surface area (TPSA) is 55.6 Å². The van der Waals surface area contributed by atoms with Gasteiger partial charge < -0.3 is 14.2 Å². The monoisotopic (exact) mass is 332 g/mol. The summed E-state index contributed by atoms with van der Waals surface area (Å²) in [5.41, 5.74) is 1.82. The highest BCUT2D eigenvalue weighted by Crippen LogP contribution is 2.36. The fourth-order valence-corrected chi connectivity index (χ4v) is 3.60. The first kappa shape index (κ1) is 14.6. The molecule has 23 heavy (non-hydrogen) atoms. The molecule has 6 heteroatoms. The maximum atomic E-state index is 12.9. The first-order valence-corrected chi connectivity index (χ1v) is 8.18. The molecule has 2 aliphatic rings. The molecule has 1 aromatic carbocycles. The summed E-state index contributed by atoms with van der Waals surface area (Å²) in [7, 11) is 0. The third kappa shape index (κ3) is 2.59. The van der Waals surface area contributed by atoms with E-state index in [1.54, 1.807) is 6.07 Å². The summed E-state index contributed by atoms with van der Waals surface area (Å²) < 4.78 is 11.2. The van der Waals surface area contributed by atoms with Gasteiger partial charge in [-0.25, -0.2) is 0 Å². The Balaban J connectivity index is 1.53. The molecule has 2 aromatic rings. The van der Waals surface area contributed by atoms with Crippen LogP contribution in [0.25, 0.3) is 0 Å². The van der Waals surface area contributed by atoms with Gasteiger partial charge in [-0.2, -0.15) is 0 Å². The van der Waals surface area contributed by atoms with Crippen molar-refractivity contribution in [1.82, 2.24) is 10.1 Å². The van der Waals surface area contributed by atoms with Gasteiger partial charge in [0.15, 0.2) is 11.9 Å². The van der Waals surface area contributed by atoms with Crippen LogP contribution in [0.4, 0.5) is 0 Å². The molecule has 0 aliphatic carbocycles. The third-order valence-corrected chi connectivity index (χ3v) is 4.72. The largest absolute Gasteiger partial charge is 0.480 e. The molecule has 0 N–H and O–H groups in total. The highest BCUT2D eigenvalue weighted by Gasteiger charge is 2.39. The smallest absolute Gasteiger partial charge is 0.264 e. The van der Waals surface area contributed by atoms with E-state index >= 15 is 0 Å². The number of carbonyl (C=O) groups excluding carboxylic acids is 1. The second-order valence-electron chi connectivity index (χ2n) is 6.12. The average Bonchev–Trinajstić information content (AvgIpc) is 3.23. The molecule has 1 aromatic heterocycles. The number of amides is 1. The van der Waals surface area contributed by atoms with E-state index in [0.29, 0.717) is 11.4 Å². The van der Waals surface area contributed by atoms with E-state index in [2.05, 4.69) is 5.16 Å². The fourth-order valence-electron chi connectivity index (χ4n) is 3.41. The van der Waals surface area contributed by atoms with Crippen molar-refractivity contribution < 1.29 is 14.1 Å². The van der Waals surface area contributed by atoms with Gasteiger partial charge in [-0.15, -0.1) is 0 Å². The molecule has 2 aliphatic heterocycles. The number of hydrogen-bond acceptors (Lipinski definition) is 4. The van der Waals surface area contributed by atoms with Crippen molar-refractivity contribution in [3.63, 3.8) is 0 Å². The number of benzene rings is 1. The minimum atomic E-state index is -0.479. The quantitative estimate of drug-likeness (QED) is 0.846. The number of nitrogens with zero attached hydrogens (tertiary/aromatic N) is 2. The molecule has 1 fully saturated rings. The minimum absolute atomic E-state index is 0.00822. The normalized spacial score (nSPS) is 23.0. The Labute approximate surface area is 139 Å². The number of carbonyl (C=O) groups is 1. The second kappa shape index (κ2) is 5.57. The number of likely N-dealkylation sites (tertiary alicyclic amines) is 1. The minimum Gasteiger partial charge on any atom is -0.480 e. The zero-order valence-electron chi connectivity index (χ0n) is 12.8. The summed E-state index contributed by atoms with van der Waals surface area (Å²) in [6, 6.07) is 7.33. The Morgan fingerprint density at radius 3 is 3.04 bits per heavy atom. The van der Waals surface area contributed by atoms with Gasteiger partial charge >= 0.3 is 0 Å². The Morgan fingerprint density at radius 2 is 2.26 bits per heavy atom. The summed E-state index contributed by atoms with van der Waals surface area (Å²) >= 11 is 6.01. The molecular formula is C17H17ClN2O3. The zero-order valence-corrected chi connectivity index (χ0v) is 13.5. The van der Waals surface area contributed by atoms with Gasteiger partial charge in [0, 0.05) is 24.1 Å². The average molecular weight is 333 g/mol. The van der Waals surface area contributed by atoms with Crippen LogP contribution in [-0.4, -0.2) is 28.6 Å². The van der Waals surface area contributed by atoms with Crippen LogP contribution in [0.5, 0.6) is 5.75 Å². The van der Waals surface area contributed by atoms with Crippen LogP contribution in [0.15, 0.2) is 28.8 Å². The van der Waals surface area contributed by atoms with E-state index in [0.717, 1.165) is 42.2 Å².